The van der Waals surface area contributed by atoms with E-state index in [0.29, 0.717) is 16.5 Å². The molecule has 1 aromatic heterocycles. The number of anilines is 1. The van der Waals surface area contributed by atoms with Crippen molar-refractivity contribution in [3.05, 3.63) is 71.4 Å². The standard InChI is InChI=1S/C19H16F2N2O/c1-11(2)18-10-14(13-5-3-4-6-16(13)22-18)19(24)23-17-8-7-12(20)9-15(17)21/h3-11H,1-2H3,(H,23,24). The summed E-state index contributed by atoms with van der Waals surface area (Å²) in [6.07, 6.45) is 0. The summed E-state index contributed by atoms with van der Waals surface area (Å²) in [6, 6.07) is 12.0. The van der Waals surface area contributed by atoms with E-state index in [0.717, 1.165) is 17.8 Å². The van der Waals surface area contributed by atoms with Gasteiger partial charge in [-0.05, 0) is 30.2 Å². The molecule has 3 aromatic rings. The van der Waals surface area contributed by atoms with Crippen LogP contribution >= 0.6 is 0 Å². The summed E-state index contributed by atoms with van der Waals surface area (Å²) in [5.74, 6) is -1.82. The Morgan fingerprint density at radius 3 is 2.54 bits per heavy atom. The minimum atomic E-state index is -0.814. The van der Waals surface area contributed by atoms with Crippen LogP contribution in [0.5, 0.6) is 0 Å². The zero-order valence-electron chi connectivity index (χ0n) is 13.3. The highest BCUT2D eigenvalue weighted by atomic mass is 19.1. The molecule has 3 rings (SSSR count). The Bertz CT molecular complexity index is 922. The number of carbonyl (C=O) groups is 1. The molecular formula is C19H16F2N2O. The van der Waals surface area contributed by atoms with Gasteiger partial charge in [0.15, 0.2) is 0 Å². The number of amides is 1. The molecule has 0 saturated heterocycles. The molecular weight excluding hydrogens is 310 g/mol. The molecule has 0 aliphatic carbocycles. The van der Waals surface area contributed by atoms with Crippen molar-refractivity contribution in [1.29, 1.82) is 0 Å². The van der Waals surface area contributed by atoms with Gasteiger partial charge in [-0.2, -0.15) is 0 Å². The van der Waals surface area contributed by atoms with E-state index < -0.39 is 17.5 Å². The lowest BCUT2D eigenvalue weighted by Crippen LogP contribution is -2.14. The molecule has 0 unspecified atom stereocenters. The average molecular weight is 326 g/mol. The van der Waals surface area contributed by atoms with Crippen LogP contribution in [-0.2, 0) is 0 Å². The van der Waals surface area contributed by atoms with Crippen LogP contribution in [0.3, 0.4) is 0 Å². The Morgan fingerprint density at radius 1 is 1.08 bits per heavy atom. The number of hydrogen-bond acceptors (Lipinski definition) is 2. The number of nitrogens with one attached hydrogen (secondary N) is 1. The summed E-state index contributed by atoms with van der Waals surface area (Å²) in [5.41, 5.74) is 1.83. The van der Waals surface area contributed by atoms with Crippen LogP contribution in [0.25, 0.3) is 10.9 Å². The normalized spacial score (nSPS) is 11.0. The van der Waals surface area contributed by atoms with Crippen LogP contribution in [0.15, 0.2) is 48.5 Å². The summed E-state index contributed by atoms with van der Waals surface area (Å²) in [7, 11) is 0. The third-order valence-electron chi connectivity index (χ3n) is 3.75. The van der Waals surface area contributed by atoms with Gasteiger partial charge < -0.3 is 5.32 Å². The summed E-state index contributed by atoms with van der Waals surface area (Å²) in [6.45, 7) is 3.97. The number of rotatable bonds is 3. The monoisotopic (exact) mass is 326 g/mol. The number of benzene rings is 2. The van der Waals surface area contributed by atoms with E-state index >= 15 is 0 Å². The van der Waals surface area contributed by atoms with Gasteiger partial charge in [-0.3, -0.25) is 9.78 Å². The van der Waals surface area contributed by atoms with E-state index in [1.165, 1.54) is 6.07 Å². The zero-order chi connectivity index (χ0) is 17.3. The number of halogens is 2. The maximum absolute atomic E-state index is 13.8. The van der Waals surface area contributed by atoms with Crippen LogP contribution in [-0.4, -0.2) is 10.9 Å². The lowest BCUT2D eigenvalue weighted by molar-refractivity contribution is 0.102. The first kappa shape index (κ1) is 16.1. The van der Waals surface area contributed by atoms with Crippen LogP contribution in [0.2, 0.25) is 0 Å². The molecule has 0 aliphatic rings. The van der Waals surface area contributed by atoms with Crippen LogP contribution in [0.4, 0.5) is 14.5 Å². The topological polar surface area (TPSA) is 42.0 Å². The van der Waals surface area contributed by atoms with Crippen LogP contribution < -0.4 is 5.32 Å². The Kier molecular flexibility index (Phi) is 4.25. The number of carbonyl (C=O) groups excluding carboxylic acids is 1. The smallest absolute Gasteiger partial charge is 0.256 e. The number of para-hydroxylation sites is 1. The van der Waals surface area contributed by atoms with Crippen molar-refractivity contribution in [1.82, 2.24) is 4.98 Å². The number of hydrogen-bond donors (Lipinski definition) is 1. The SMILES string of the molecule is CC(C)c1cc(C(=O)Nc2ccc(F)cc2F)c2ccccc2n1. The highest BCUT2D eigenvalue weighted by Gasteiger charge is 2.16. The highest BCUT2D eigenvalue weighted by molar-refractivity contribution is 6.12. The van der Waals surface area contributed by atoms with Gasteiger partial charge in [0.1, 0.15) is 11.6 Å². The molecule has 0 spiro atoms. The van der Waals surface area contributed by atoms with Gasteiger partial charge in [0, 0.05) is 17.1 Å². The molecule has 2 aromatic carbocycles. The lowest BCUT2D eigenvalue weighted by Gasteiger charge is -2.12. The lowest BCUT2D eigenvalue weighted by atomic mass is 10.0. The number of pyridine rings is 1. The van der Waals surface area contributed by atoms with Crippen LogP contribution in [0.1, 0.15) is 35.8 Å². The molecule has 1 N–H and O–H groups in total. The van der Waals surface area contributed by atoms with Crippen molar-refractivity contribution >= 4 is 22.5 Å². The predicted octanol–water partition coefficient (Wildman–Crippen LogP) is 4.89. The van der Waals surface area contributed by atoms with Crippen molar-refractivity contribution in [2.45, 2.75) is 19.8 Å². The summed E-state index contributed by atoms with van der Waals surface area (Å²) in [4.78, 5) is 17.2. The first-order valence-corrected chi connectivity index (χ1v) is 7.62. The predicted molar refractivity (Wildman–Crippen MR) is 90.1 cm³/mol. The largest absolute Gasteiger partial charge is 0.319 e. The van der Waals surface area contributed by atoms with Gasteiger partial charge in [-0.25, -0.2) is 8.78 Å². The molecule has 0 aliphatic heterocycles. The van der Waals surface area contributed by atoms with Gasteiger partial charge in [0.25, 0.3) is 5.91 Å². The molecule has 5 heteroatoms. The zero-order valence-corrected chi connectivity index (χ0v) is 13.3. The van der Waals surface area contributed by atoms with Crippen LogP contribution in [0, 0.1) is 11.6 Å². The minimum absolute atomic E-state index is 0.0617. The summed E-state index contributed by atoms with van der Waals surface area (Å²) < 4.78 is 26.8. The van der Waals surface area contributed by atoms with Crippen molar-refractivity contribution < 1.29 is 13.6 Å². The van der Waals surface area contributed by atoms with Crippen molar-refractivity contribution in [2.24, 2.45) is 0 Å². The first-order chi connectivity index (χ1) is 11.5. The maximum atomic E-state index is 13.8. The molecule has 0 radical (unpaired) electrons. The molecule has 122 valence electrons. The van der Waals surface area contributed by atoms with Crippen molar-refractivity contribution in [2.75, 3.05) is 5.32 Å². The Balaban J connectivity index is 2.05. The average Bonchev–Trinajstić information content (AvgIpc) is 2.56. The first-order valence-electron chi connectivity index (χ1n) is 7.62. The van der Waals surface area contributed by atoms with E-state index in [9.17, 15) is 13.6 Å². The molecule has 1 heterocycles. The Morgan fingerprint density at radius 2 is 1.83 bits per heavy atom. The second kappa shape index (κ2) is 6.35. The molecule has 3 nitrogen and oxygen atoms in total. The van der Waals surface area contributed by atoms with E-state index in [2.05, 4.69) is 10.3 Å². The van der Waals surface area contributed by atoms with Crippen molar-refractivity contribution in [3.63, 3.8) is 0 Å². The molecule has 0 bridgehead atoms. The second-order valence-electron chi connectivity index (χ2n) is 5.84. The van der Waals surface area contributed by atoms with E-state index in [4.69, 9.17) is 0 Å². The Hall–Kier alpha value is -2.82. The quantitative estimate of drug-likeness (QED) is 0.744. The fourth-order valence-corrected chi connectivity index (χ4v) is 2.46. The third-order valence-corrected chi connectivity index (χ3v) is 3.75. The molecule has 1 amide bonds. The Labute approximate surface area is 138 Å². The number of fused-ring (bicyclic) bond motifs is 1. The minimum Gasteiger partial charge on any atom is -0.319 e. The van der Waals surface area contributed by atoms with Gasteiger partial charge in [-0.15, -0.1) is 0 Å². The molecule has 24 heavy (non-hydrogen) atoms. The molecule has 0 fully saturated rings. The summed E-state index contributed by atoms with van der Waals surface area (Å²) in [5, 5.41) is 3.19. The molecule has 0 atom stereocenters. The summed E-state index contributed by atoms with van der Waals surface area (Å²) >= 11 is 0. The molecule has 0 saturated carbocycles. The second-order valence-corrected chi connectivity index (χ2v) is 5.84. The van der Waals surface area contributed by atoms with E-state index in [-0.39, 0.29) is 11.6 Å². The third kappa shape index (κ3) is 3.11. The maximum Gasteiger partial charge on any atom is 0.256 e. The van der Waals surface area contributed by atoms with Crippen molar-refractivity contribution in [3.8, 4) is 0 Å². The van der Waals surface area contributed by atoms with E-state index in [1.54, 1.807) is 12.1 Å². The van der Waals surface area contributed by atoms with E-state index in [1.807, 2.05) is 32.0 Å². The number of aromatic nitrogens is 1. The highest BCUT2D eigenvalue weighted by Crippen LogP contribution is 2.24. The van der Waals surface area contributed by atoms with Gasteiger partial charge >= 0.3 is 0 Å². The number of nitrogens with zero attached hydrogens (tertiary/aromatic N) is 1. The van der Waals surface area contributed by atoms with Gasteiger partial charge in [0.2, 0.25) is 0 Å². The fraction of sp³-hybridized carbons (Fsp3) is 0.158. The van der Waals surface area contributed by atoms with Gasteiger partial charge in [-0.1, -0.05) is 32.0 Å². The fourth-order valence-electron chi connectivity index (χ4n) is 2.46. The van der Waals surface area contributed by atoms with Gasteiger partial charge in [0.05, 0.1) is 16.8 Å².